The number of rotatable bonds is 6. The van der Waals surface area contributed by atoms with E-state index in [0.29, 0.717) is 28.7 Å². The summed E-state index contributed by atoms with van der Waals surface area (Å²) in [6.07, 6.45) is 1.60. The standard InChI is InChI=1S/C24H17BrClNO4/c1-29-21-13-16(11-19(26)22(21)30-14-15-6-5-9-18(25)10-15)12-20-24(28)31-23(27-20)17-7-3-2-4-8-17/h2-13H,14H2,1H3/b20-12-. The molecule has 0 bridgehead atoms. The van der Waals surface area contributed by atoms with Crippen molar-refractivity contribution in [3.8, 4) is 11.5 Å². The van der Waals surface area contributed by atoms with Crippen LogP contribution in [-0.2, 0) is 16.1 Å². The predicted molar refractivity (Wildman–Crippen MR) is 124 cm³/mol. The second-order valence-electron chi connectivity index (χ2n) is 6.65. The van der Waals surface area contributed by atoms with Crippen molar-refractivity contribution < 1.29 is 19.0 Å². The molecule has 0 N–H and O–H groups in total. The van der Waals surface area contributed by atoms with Crippen LogP contribution in [0.2, 0.25) is 5.02 Å². The van der Waals surface area contributed by atoms with Gasteiger partial charge in [0.2, 0.25) is 5.90 Å². The van der Waals surface area contributed by atoms with E-state index in [9.17, 15) is 4.79 Å². The fraction of sp³-hybridized carbons (Fsp3) is 0.0833. The van der Waals surface area contributed by atoms with Crippen LogP contribution in [-0.4, -0.2) is 19.0 Å². The van der Waals surface area contributed by atoms with Crippen LogP contribution in [0, 0.1) is 0 Å². The fourth-order valence-corrected chi connectivity index (χ4v) is 3.74. The van der Waals surface area contributed by atoms with E-state index < -0.39 is 5.97 Å². The first-order valence-corrected chi connectivity index (χ1v) is 10.5. The Morgan fingerprint density at radius 1 is 1.10 bits per heavy atom. The largest absolute Gasteiger partial charge is 0.493 e. The third-order valence-corrected chi connectivity index (χ3v) is 5.24. The van der Waals surface area contributed by atoms with Gasteiger partial charge in [-0.2, -0.15) is 0 Å². The minimum atomic E-state index is -0.524. The number of benzene rings is 3. The van der Waals surface area contributed by atoms with E-state index in [0.717, 1.165) is 15.6 Å². The Hall–Kier alpha value is -3.09. The number of ether oxygens (including phenoxy) is 3. The summed E-state index contributed by atoms with van der Waals surface area (Å²) in [6.45, 7) is 0.326. The topological polar surface area (TPSA) is 57.1 Å². The van der Waals surface area contributed by atoms with Crippen molar-refractivity contribution in [2.75, 3.05) is 7.11 Å². The summed E-state index contributed by atoms with van der Waals surface area (Å²) in [4.78, 5) is 16.6. The lowest BCUT2D eigenvalue weighted by molar-refractivity contribution is -0.129. The molecule has 0 saturated heterocycles. The molecule has 0 aliphatic carbocycles. The fourth-order valence-electron chi connectivity index (χ4n) is 3.02. The zero-order valence-corrected chi connectivity index (χ0v) is 18.8. The van der Waals surface area contributed by atoms with Crippen molar-refractivity contribution in [1.82, 2.24) is 0 Å². The number of esters is 1. The number of halogens is 2. The zero-order valence-electron chi connectivity index (χ0n) is 16.5. The lowest BCUT2D eigenvalue weighted by atomic mass is 10.1. The Morgan fingerprint density at radius 3 is 2.65 bits per heavy atom. The van der Waals surface area contributed by atoms with Crippen LogP contribution in [0.1, 0.15) is 16.7 Å². The van der Waals surface area contributed by atoms with E-state index in [-0.39, 0.29) is 11.6 Å². The normalized spacial score (nSPS) is 14.4. The number of carbonyl (C=O) groups excluding carboxylic acids is 1. The number of hydrogen-bond donors (Lipinski definition) is 0. The molecule has 156 valence electrons. The van der Waals surface area contributed by atoms with Gasteiger partial charge < -0.3 is 14.2 Å². The zero-order chi connectivity index (χ0) is 21.8. The SMILES string of the molecule is COc1cc(/C=C2\N=C(c3ccccc3)OC2=O)cc(Cl)c1OCc1cccc(Br)c1. The van der Waals surface area contributed by atoms with Crippen LogP contribution in [0.5, 0.6) is 11.5 Å². The molecule has 1 heterocycles. The van der Waals surface area contributed by atoms with Crippen LogP contribution in [0.25, 0.3) is 6.08 Å². The molecule has 0 unspecified atom stereocenters. The summed E-state index contributed by atoms with van der Waals surface area (Å²) in [6, 6.07) is 20.5. The van der Waals surface area contributed by atoms with Crippen LogP contribution in [0.4, 0.5) is 0 Å². The van der Waals surface area contributed by atoms with E-state index in [1.54, 1.807) is 18.2 Å². The van der Waals surface area contributed by atoms with Crippen molar-refractivity contribution in [3.63, 3.8) is 0 Å². The molecule has 5 nitrogen and oxygen atoms in total. The van der Waals surface area contributed by atoms with Gasteiger partial charge in [-0.1, -0.05) is 57.9 Å². The van der Waals surface area contributed by atoms with E-state index in [1.165, 1.54) is 7.11 Å². The Labute approximate surface area is 193 Å². The number of hydrogen-bond acceptors (Lipinski definition) is 5. The van der Waals surface area contributed by atoms with Gasteiger partial charge in [-0.15, -0.1) is 0 Å². The quantitative estimate of drug-likeness (QED) is 0.307. The lowest BCUT2D eigenvalue weighted by Crippen LogP contribution is -2.05. The van der Waals surface area contributed by atoms with Gasteiger partial charge in [0.1, 0.15) is 6.61 Å². The maximum atomic E-state index is 12.3. The van der Waals surface area contributed by atoms with E-state index in [4.69, 9.17) is 25.8 Å². The highest BCUT2D eigenvalue weighted by atomic mass is 79.9. The number of aliphatic imine (C=N–C) groups is 1. The van der Waals surface area contributed by atoms with E-state index in [2.05, 4.69) is 20.9 Å². The van der Waals surface area contributed by atoms with Gasteiger partial charge in [0.05, 0.1) is 12.1 Å². The van der Waals surface area contributed by atoms with E-state index >= 15 is 0 Å². The molecule has 1 aliphatic heterocycles. The Bertz CT molecular complexity index is 1190. The first-order valence-electron chi connectivity index (χ1n) is 9.36. The highest BCUT2D eigenvalue weighted by molar-refractivity contribution is 9.10. The van der Waals surface area contributed by atoms with Crippen LogP contribution in [0.15, 0.2) is 81.9 Å². The first-order chi connectivity index (χ1) is 15.0. The summed E-state index contributed by atoms with van der Waals surface area (Å²) >= 11 is 9.91. The average Bonchev–Trinajstić information content (AvgIpc) is 3.13. The maximum Gasteiger partial charge on any atom is 0.363 e. The summed E-state index contributed by atoms with van der Waals surface area (Å²) in [5, 5.41) is 0.361. The van der Waals surface area contributed by atoms with Crippen LogP contribution in [0.3, 0.4) is 0 Å². The molecule has 0 amide bonds. The van der Waals surface area contributed by atoms with Crippen molar-refractivity contribution >= 4 is 45.5 Å². The molecule has 0 saturated carbocycles. The van der Waals surface area contributed by atoms with Gasteiger partial charge in [0.15, 0.2) is 17.2 Å². The van der Waals surface area contributed by atoms with Gasteiger partial charge in [-0.3, -0.25) is 0 Å². The molecule has 31 heavy (non-hydrogen) atoms. The molecule has 1 aliphatic rings. The minimum absolute atomic E-state index is 0.180. The van der Waals surface area contributed by atoms with E-state index in [1.807, 2.05) is 54.6 Å². The third-order valence-electron chi connectivity index (χ3n) is 4.47. The Morgan fingerprint density at radius 2 is 1.90 bits per heavy atom. The molecule has 3 aromatic rings. The molecular formula is C24H17BrClNO4. The molecular weight excluding hydrogens is 482 g/mol. The molecule has 0 aromatic heterocycles. The number of methoxy groups -OCH3 is 1. The second kappa shape index (κ2) is 9.37. The molecule has 0 radical (unpaired) electrons. The predicted octanol–water partition coefficient (Wildman–Crippen LogP) is 6.03. The van der Waals surface area contributed by atoms with Crippen LogP contribution >= 0.6 is 27.5 Å². The summed E-state index contributed by atoms with van der Waals surface area (Å²) in [5.74, 6) is 0.620. The summed E-state index contributed by atoms with van der Waals surface area (Å²) < 4.78 is 17.6. The smallest absolute Gasteiger partial charge is 0.363 e. The molecule has 0 atom stereocenters. The highest BCUT2D eigenvalue weighted by Gasteiger charge is 2.24. The van der Waals surface area contributed by atoms with Crippen molar-refractivity contribution in [1.29, 1.82) is 0 Å². The Kier molecular flexibility index (Phi) is 6.39. The maximum absolute atomic E-state index is 12.3. The third kappa shape index (κ3) is 4.98. The lowest BCUT2D eigenvalue weighted by Gasteiger charge is -2.13. The van der Waals surface area contributed by atoms with Gasteiger partial charge in [-0.05, 0) is 53.6 Å². The molecule has 4 rings (SSSR count). The second-order valence-corrected chi connectivity index (χ2v) is 7.98. The first kappa shape index (κ1) is 21.2. The number of cyclic esters (lactones) is 1. The molecule has 7 heteroatoms. The minimum Gasteiger partial charge on any atom is -0.493 e. The average molecular weight is 499 g/mol. The van der Waals surface area contributed by atoms with Gasteiger partial charge in [-0.25, -0.2) is 9.79 Å². The van der Waals surface area contributed by atoms with Gasteiger partial charge in [0.25, 0.3) is 0 Å². The summed E-state index contributed by atoms with van der Waals surface area (Å²) in [7, 11) is 1.53. The van der Waals surface area contributed by atoms with Gasteiger partial charge in [0, 0.05) is 10.0 Å². The number of carbonyl (C=O) groups is 1. The van der Waals surface area contributed by atoms with Crippen molar-refractivity contribution in [2.24, 2.45) is 4.99 Å². The molecule has 0 spiro atoms. The Balaban J connectivity index is 1.59. The molecule has 0 fully saturated rings. The molecule has 3 aromatic carbocycles. The monoisotopic (exact) mass is 497 g/mol. The summed E-state index contributed by atoms with van der Waals surface area (Å²) in [5.41, 5.74) is 2.53. The van der Waals surface area contributed by atoms with Crippen LogP contribution < -0.4 is 9.47 Å². The van der Waals surface area contributed by atoms with Crippen molar-refractivity contribution in [2.45, 2.75) is 6.61 Å². The van der Waals surface area contributed by atoms with Crippen molar-refractivity contribution in [3.05, 3.63) is 98.6 Å². The van der Waals surface area contributed by atoms with Gasteiger partial charge >= 0.3 is 5.97 Å². The number of nitrogens with zero attached hydrogens (tertiary/aromatic N) is 1. The highest BCUT2D eigenvalue weighted by Crippen LogP contribution is 2.38.